The van der Waals surface area contributed by atoms with Gasteiger partial charge in [0.25, 0.3) is 0 Å². The van der Waals surface area contributed by atoms with Crippen LogP contribution in [0.2, 0.25) is 0 Å². The second-order valence-electron chi connectivity index (χ2n) is 4.14. The molecule has 80 valence electrons. The number of carbonyl (C=O) groups is 1. The van der Waals surface area contributed by atoms with Gasteiger partial charge in [-0.1, -0.05) is 28.9 Å². The zero-order chi connectivity index (χ0) is 11.2. The zero-order valence-corrected chi connectivity index (χ0v) is 9.71. The molecule has 0 aromatic heterocycles. The third kappa shape index (κ3) is 1.67. The first-order chi connectivity index (χ1) is 6.95. The molecule has 0 heterocycles. The van der Waals surface area contributed by atoms with E-state index in [1.165, 1.54) is 6.07 Å². The highest BCUT2D eigenvalue weighted by Gasteiger charge is 2.57. The number of rotatable bonds is 2. The van der Waals surface area contributed by atoms with E-state index in [9.17, 15) is 9.18 Å². The van der Waals surface area contributed by atoms with Gasteiger partial charge in [0, 0.05) is 9.89 Å². The van der Waals surface area contributed by atoms with Crippen LogP contribution in [0.5, 0.6) is 0 Å². The summed E-state index contributed by atoms with van der Waals surface area (Å²) in [5.41, 5.74) is -0.0329. The normalized spacial score (nSPS) is 28.9. The number of aliphatic carboxylic acids is 1. The number of halogens is 2. The van der Waals surface area contributed by atoms with Crippen molar-refractivity contribution in [1.29, 1.82) is 0 Å². The van der Waals surface area contributed by atoms with E-state index in [1.54, 1.807) is 19.1 Å². The van der Waals surface area contributed by atoms with Crippen LogP contribution in [0, 0.1) is 11.7 Å². The third-order valence-corrected chi connectivity index (χ3v) is 3.57. The Morgan fingerprint density at radius 2 is 2.33 bits per heavy atom. The van der Waals surface area contributed by atoms with Crippen LogP contribution in [0.25, 0.3) is 0 Å². The average molecular weight is 273 g/mol. The Balaban J connectivity index is 2.36. The van der Waals surface area contributed by atoms with E-state index in [2.05, 4.69) is 15.9 Å². The maximum Gasteiger partial charge on any atom is 0.307 e. The topological polar surface area (TPSA) is 37.3 Å². The molecule has 0 radical (unpaired) electrons. The van der Waals surface area contributed by atoms with Crippen molar-refractivity contribution in [2.24, 2.45) is 5.92 Å². The lowest BCUT2D eigenvalue weighted by atomic mass is 9.95. The molecule has 0 bridgehead atoms. The summed E-state index contributed by atoms with van der Waals surface area (Å²) >= 11 is 3.17. The van der Waals surface area contributed by atoms with Crippen LogP contribution in [0.3, 0.4) is 0 Å². The highest BCUT2D eigenvalue weighted by molar-refractivity contribution is 9.10. The minimum atomic E-state index is -0.847. The molecule has 4 heteroatoms. The third-order valence-electron chi connectivity index (χ3n) is 3.08. The van der Waals surface area contributed by atoms with Gasteiger partial charge in [-0.15, -0.1) is 0 Å². The summed E-state index contributed by atoms with van der Waals surface area (Å²) in [6.45, 7) is 1.79. The molecule has 1 saturated carbocycles. The summed E-state index contributed by atoms with van der Waals surface area (Å²) in [5.74, 6) is -1.64. The van der Waals surface area contributed by atoms with Crippen molar-refractivity contribution in [2.75, 3.05) is 0 Å². The lowest BCUT2D eigenvalue weighted by Gasteiger charge is -2.11. The molecule has 2 rings (SSSR count). The van der Waals surface area contributed by atoms with E-state index < -0.39 is 17.3 Å². The Kier molecular flexibility index (Phi) is 2.34. The first-order valence-corrected chi connectivity index (χ1v) is 5.43. The predicted octanol–water partition coefficient (Wildman–Crippen LogP) is 2.95. The van der Waals surface area contributed by atoms with Crippen LogP contribution in [-0.4, -0.2) is 11.1 Å². The van der Waals surface area contributed by atoms with Gasteiger partial charge in [-0.2, -0.15) is 0 Å². The Morgan fingerprint density at radius 3 is 2.80 bits per heavy atom. The summed E-state index contributed by atoms with van der Waals surface area (Å²) in [4.78, 5) is 10.8. The largest absolute Gasteiger partial charge is 0.481 e. The van der Waals surface area contributed by atoms with E-state index in [4.69, 9.17) is 5.11 Å². The standard InChI is InChI=1S/C11H10BrFO2/c1-11(5-8(11)10(14)15)7-3-2-6(12)4-9(7)13/h2-4,8H,5H2,1H3,(H,14,15). The molecular formula is C11H10BrFO2. The van der Waals surface area contributed by atoms with Crippen molar-refractivity contribution in [1.82, 2.24) is 0 Å². The molecule has 0 amide bonds. The van der Waals surface area contributed by atoms with Crippen LogP contribution < -0.4 is 0 Å². The lowest BCUT2D eigenvalue weighted by molar-refractivity contribution is -0.138. The summed E-state index contributed by atoms with van der Waals surface area (Å²) in [7, 11) is 0. The van der Waals surface area contributed by atoms with Gasteiger partial charge in [0.2, 0.25) is 0 Å². The van der Waals surface area contributed by atoms with Crippen molar-refractivity contribution in [2.45, 2.75) is 18.8 Å². The zero-order valence-electron chi connectivity index (χ0n) is 8.13. The van der Waals surface area contributed by atoms with Crippen LogP contribution in [0.15, 0.2) is 22.7 Å². The molecule has 1 N–H and O–H groups in total. The molecule has 1 aliphatic rings. The Bertz CT molecular complexity index is 433. The van der Waals surface area contributed by atoms with Crippen LogP contribution in [0.4, 0.5) is 4.39 Å². The predicted molar refractivity (Wildman–Crippen MR) is 57.2 cm³/mol. The molecule has 2 unspecified atom stereocenters. The van der Waals surface area contributed by atoms with E-state index in [1.807, 2.05) is 0 Å². The van der Waals surface area contributed by atoms with Gasteiger partial charge in [0.05, 0.1) is 5.92 Å². The maximum atomic E-state index is 13.6. The monoisotopic (exact) mass is 272 g/mol. The second-order valence-corrected chi connectivity index (χ2v) is 5.05. The first kappa shape index (κ1) is 10.6. The van der Waals surface area contributed by atoms with Gasteiger partial charge >= 0.3 is 5.97 Å². The number of hydrogen-bond donors (Lipinski definition) is 1. The van der Waals surface area contributed by atoms with Gasteiger partial charge in [-0.05, 0) is 24.1 Å². The molecule has 0 saturated heterocycles. The number of carboxylic acids is 1. The van der Waals surface area contributed by atoms with Crippen molar-refractivity contribution in [3.05, 3.63) is 34.1 Å². The Hall–Kier alpha value is -0.900. The second kappa shape index (κ2) is 3.30. The Morgan fingerprint density at radius 1 is 1.67 bits per heavy atom. The van der Waals surface area contributed by atoms with Crippen molar-refractivity contribution in [3.63, 3.8) is 0 Å². The molecule has 0 aliphatic heterocycles. The summed E-state index contributed by atoms with van der Waals surface area (Å²) in [6, 6.07) is 4.76. The van der Waals surface area contributed by atoms with E-state index in [0.717, 1.165) is 0 Å². The van der Waals surface area contributed by atoms with E-state index in [0.29, 0.717) is 16.5 Å². The van der Waals surface area contributed by atoms with Gasteiger partial charge in [0.1, 0.15) is 5.82 Å². The molecule has 2 atom stereocenters. The number of hydrogen-bond acceptors (Lipinski definition) is 1. The van der Waals surface area contributed by atoms with Crippen molar-refractivity contribution in [3.8, 4) is 0 Å². The SMILES string of the molecule is CC1(c2ccc(Br)cc2F)CC1C(=O)O. The van der Waals surface area contributed by atoms with Crippen molar-refractivity contribution < 1.29 is 14.3 Å². The fraction of sp³-hybridized carbons (Fsp3) is 0.364. The average Bonchev–Trinajstić information content (AvgIpc) is 2.78. The highest BCUT2D eigenvalue weighted by Crippen LogP contribution is 2.54. The smallest absolute Gasteiger partial charge is 0.307 e. The van der Waals surface area contributed by atoms with Crippen LogP contribution >= 0.6 is 15.9 Å². The number of carboxylic acid groups (broad SMARTS) is 1. The summed E-state index contributed by atoms with van der Waals surface area (Å²) in [5, 5.41) is 8.86. The fourth-order valence-corrected chi connectivity index (χ4v) is 2.31. The van der Waals surface area contributed by atoms with Gasteiger partial charge in [0.15, 0.2) is 0 Å². The summed E-state index contributed by atoms with van der Waals surface area (Å²) < 4.78 is 14.3. The first-order valence-electron chi connectivity index (χ1n) is 4.63. The quantitative estimate of drug-likeness (QED) is 0.899. The molecule has 0 spiro atoms. The Labute approximate surface area is 95.2 Å². The molecule has 2 nitrogen and oxygen atoms in total. The fourth-order valence-electron chi connectivity index (χ4n) is 1.98. The van der Waals surface area contributed by atoms with Crippen LogP contribution in [0.1, 0.15) is 18.9 Å². The van der Waals surface area contributed by atoms with E-state index >= 15 is 0 Å². The maximum absolute atomic E-state index is 13.6. The van der Waals surface area contributed by atoms with Gasteiger partial charge in [-0.3, -0.25) is 4.79 Å². The molecule has 1 aromatic carbocycles. The van der Waals surface area contributed by atoms with Gasteiger partial charge in [-0.25, -0.2) is 4.39 Å². The summed E-state index contributed by atoms with van der Waals surface area (Å²) in [6.07, 6.45) is 0.515. The molecule has 1 fully saturated rings. The van der Waals surface area contributed by atoms with Gasteiger partial charge < -0.3 is 5.11 Å². The minimum Gasteiger partial charge on any atom is -0.481 e. The molecule has 1 aromatic rings. The number of benzene rings is 1. The lowest BCUT2D eigenvalue weighted by Crippen LogP contribution is -2.12. The minimum absolute atomic E-state index is 0.337. The van der Waals surface area contributed by atoms with Crippen molar-refractivity contribution >= 4 is 21.9 Å². The van der Waals surface area contributed by atoms with Crippen LogP contribution in [-0.2, 0) is 10.2 Å². The van der Waals surface area contributed by atoms with E-state index in [-0.39, 0.29) is 5.82 Å². The highest BCUT2D eigenvalue weighted by atomic mass is 79.9. The molecule has 1 aliphatic carbocycles. The molecular weight excluding hydrogens is 263 g/mol. The molecule has 15 heavy (non-hydrogen) atoms.